The SMILES string of the molecule is NC(=S)c1cc(Cl)ccc1NCc1ccoc1. The van der Waals surface area contributed by atoms with Gasteiger partial charge in [-0.05, 0) is 24.3 Å². The molecule has 2 aromatic rings. The fourth-order valence-electron chi connectivity index (χ4n) is 1.47. The molecule has 0 amide bonds. The predicted molar refractivity (Wildman–Crippen MR) is 73.4 cm³/mol. The number of nitrogens with one attached hydrogen (secondary N) is 1. The van der Waals surface area contributed by atoms with Crippen LogP contribution in [-0.4, -0.2) is 4.99 Å². The van der Waals surface area contributed by atoms with Crippen molar-refractivity contribution in [1.29, 1.82) is 0 Å². The summed E-state index contributed by atoms with van der Waals surface area (Å²) in [5, 5.41) is 3.85. The molecule has 1 aromatic carbocycles. The first kappa shape index (κ1) is 12.0. The van der Waals surface area contributed by atoms with Gasteiger partial charge in [-0.1, -0.05) is 23.8 Å². The van der Waals surface area contributed by atoms with Crippen LogP contribution in [0.2, 0.25) is 5.02 Å². The van der Waals surface area contributed by atoms with E-state index < -0.39 is 0 Å². The molecule has 0 fully saturated rings. The maximum absolute atomic E-state index is 5.90. The van der Waals surface area contributed by atoms with Crippen LogP contribution in [0.4, 0.5) is 5.69 Å². The molecule has 2 rings (SSSR count). The fourth-order valence-corrected chi connectivity index (χ4v) is 1.81. The third kappa shape index (κ3) is 2.99. The fraction of sp³-hybridized carbons (Fsp3) is 0.0833. The third-order valence-electron chi connectivity index (χ3n) is 2.31. The van der Waals surface area contributed by atoms with Gasteiger partial charge in [-0.25, -0.2) is 0 Å². The number of rotatable bonds is 4. The summed E-state index contributed by atoms with van der Waals surface area (Å²) in [6, 6.07) is 7.29. The zero-order valence-corrected chi connectivity index (χ0v) is 10.5. The van der Waals surface area contributed by atoms with E-state index in [1.54, 1.807) is 24.7 Å². The third-order valence-corrected chi connectivity index (χ3v) is 2.77. The molecule has 1 heterocycles. The highest BCUT2D eigenvalue weighted by Gasteiger charge is 2.06. The lowest BCUT2D eigenvalue weighted by atomic mass is 10.1. The first-order valence-electron chi connectivity index (χ1n) is 5.01. The Morgan fingerprint density at radius 1 is 1.41 bits per heavy atom. The number of thiocarbonyl (C=S) groups is 1. The molecule has 0 atom stereocenters. The summed E-state index contributed by atoms with van der Waals surface area (Å²) in [7, 11) is 0. The minimum atomic E-state index is 0.321. The van der Waals surface area contributed by atoms with Gasteiger partial charge in [0.1, 0.15) is 4.99 Å². The number of furan rings is 1. The summed E-state index contributed by atoms with van der Waals surface area (Å²) < 4.78 is 4.99. The van der Waals surface area contributed by atoms with Crippen molar-refractivity contribution in [3.8, 4) is 0 Å². The van der Waals surface area contributed by atoms with Crippen molar-refractivity contribution in [1.82, 2.24) is 0 Å². The van der Waals surface area contributed by atoms with Gasteiger partial charge in [0, 0.05) is 28.4 Å². The summed E-state index contributed by atoms with van der Waals surface area (Å²) in [6.45, 7) is 0.647. The van der Waals surface area contributed by atoms with E-state index in [1.165, 1.54) is 0 Å². The lowest BCUT2D eigenvalue weighted by Crippen LogP contribution is -2.13. The molecule has 0 aliphatic carbocycles. The van der Waals surface area contributed by atoms with Gasteiger partial charge in [0.05, 0.1) is 12.5 Å². The second kappa shape index (κ2) is 5.21. The molecule has 0 bridgehead atoms. The molecule has 0 radical (unpaired) electrons. The lowest BCUT2D eigenvalue weighted by molar-refractivity contribution is 0.564. The molecule has 3 N–H and O–H groups in total. The molecule has 0 spiro atoms. The zero-order chi connectivity index (χ0) is 12.3. The maximum atomic E-state index is 5.90. The molecule has 5 heteroatoms. The van der Waals surface area contributed by atoms with Crippen molar-refractivity contribution in [3.63, 3.8) is 0 Å². The summed E-state index contributed by atoms with van der Waals surface area (Å²) in [5.74, 6) is 0. The first-order chi connectivity index (χ1) is 8.16. The van der Waals surface area contributed by atoms with Gasteiger partial charge < -0.3 is 15.5 Å². The Labute approximate surface area is 110 Å². The average molecular weight is 267 g/mol. The number of hydrogen-bond donors (Lipinski definition) is 2. The number of anilines is 1. The van der Waals surface area contributed by atoms with Gasteiger partial charge in [0.25, 0.3) is 0 Å². The van der Waals surface area contributed by atoms with Gasteiger partial charge in [-0.3, -0.25) is 0 Å². The second-order valence-electron chi connectivity index (χ2n) is 3.54. The van der Waals surface area contributed by atoms with Crippen molar-refractivity contribution in [2.45, 2.75) is 6.54 Å². The van der Waals surface area contributed by atoms with Crippen molar-refractivity contribution in [2.75, 3.05) is 5.32 Å². The van der Waals surface area contributed by atoms with Crippen LogP contribution in [0.15, 0.2) is 41.2 Å². The summed E-state index contributed by atoms with van der Waals surface area (Å²) in [6.07, 6.45) is 3.32. The monoisotopic (exact) mass is 266 g/mol. The first-order valence-corrected chi connectivity index (χ1v) is 5.80. The Kier molecular flexibility index (Phi) is 3.66. The van der Waals surface area contributed by atoms with Crippen LogP contribution < -0.4 is 11.1 Å². The molecular weight excluding hydrogens is 256 g/mol. The number of hydrogen-bond acceptors (Lipinski definition) is 3. The zero-order valence-electron chi connectivity index (χ0n) is 8.94. The molecule has 3 nitrogen and oxygen atoms in total. The predicted octanol–water partition coefficient (Wildman–Crippen LogP) is 3.18. The van der Waals surface area contributed by atoms with Crippen LogP contribution in [0.5, 0.6) is 0 Å². The van der Waals surface area contributed by atoms with Crippen molar-refractivity contribution >= 4 is 34.5 Å². The highest BCUT2D eigenvalue weighted by Crippen LogP contribution is 2.21. The summed E-state index contributed by atoms with van der Waals surface area (Å²) >= 11 is 10.9. The Hall–Kier alpha value is -1.52. The van der Waals surface area contributed by atoms with Crippen LogP contribution in [0, 0.1) is 0 Å². The Balaban J connectivity index is 2.17. The molecule has 88 valence electrons. The number of halogens is 1. The second-order valence-corrected chi connectivity index (χ2v) is 4.42. The van der Waals surface area contributed by atoms with Crippen LogP contribution in [-0.2, 0) is 6.54 Å². The molecule has 0 aliphatic rings. The lowest BCUT2D eigenvalue weighted by Gasteiger charge is -2.10. The van der Waals surface area contributed by atoms with Crippen molar-refractivity contribution in [3.05, 3.63) is 52.9 Å². The van der Waals surface area contributed by atoms with E-state index in [4.69, 9.17) is 34.0 Å². The Bertz CT molecular complexity index is 525. The normalized spacial score (nSPS) is 10.2. The number of benzene rings is 1. The molecule has 17 heavy (non-hydrogen) atoms. The van der Waals surface area contributed by atoms with Gasteiger partial charge in [0.2, 0.25) is 0 Å². The van der Waals surface area contributed by atoms with Crippen LogP contribution >= 0.6 is 23.8 Å². The summed E-state index contributed by atoms with van der Waals surface area (Å²) in [5.41, 5.74) is 8.31. The van der Waals surface area contributed by atoms with Gasteiger partial charge >= 0.3 is 0 Å². The van der Waals surface area contributed by atoms with Crippen molar-refractivity contribution < 1.29 is 4.42 Å². The molecule has 0 aliphatic heterocycles. The Morgan fingerprint density at radius 2 is 2.24 bits per heavy atom. The average Bonchev–Trinajstić information content (AvgIpc) is 2.80. The molecule has 1 aromatic heterocycles. The quantitative estimate of drug-likeness (QED) is 0.835. The highest BCUT2D eigenvalue weighted by atomic mass is 35.5. The Morgan fingerprint density at radius 3 is 2.88 bits per heavy atom. The van der Waals surface area contributed by atoms with E-state index in [2.05, 4.69) is 5.32 Å². The minimum Gasteiger partial charge on any atom is -0.472 e. The van der Waals surface area contributed by atoms with E-state index in [1.807, 2.05) is 12.1 Å². The molecular formula is C12H11ClN2OS. The van der Waals surface area contributed by atoms with E-state index in [-0.39, 0.29) is 0 Å². The van der Waals surface area contributed by atoms with Crippen LogP contribution in [0.3, 0.4) is 0 Å². The maximum Gasteiger partial charge on any atom is 0.106 e. The van der Waals surface area contributed by atoms with Crippen LogP contribution in [0.25, 0.3) is 0 Å². The van der Waals surface area contributed by atoms with Gasteiger partial charge in [0.15, 0.2) is 0 Å². The van der Waals surface area contributed by atoms with Crippen LogP contribution in [0.1, 0.15) is 11.1 Å². The largest absolute Gasteiger partial charge is 0.472 e. The number of nitrogens with two attached hydrogens (primary N) is 1. The topological polar surface area (TPSA) is 51.2 Å². The molecule has 0 saturated heterocycles. The van der Waals surface area contributed by atoms with E-state index in [9.17, 15) is 0 Å². The standard InChI is InChI=1S/C12H11ClN2OS/c13-9-1-2-11(10(5-9)12(14)17)15-6-8-3-4-16-7-8/h1-5,7,15H,6H2,(H2,14,17). The molecule has 0 saturated carbocycles. The van der Waals surface area contributed by atoms with Gasteiger partial charge in [-0.15, -0.1) is 0 Å². The van der Waals surface area contributed by atoms with E-state index >= 15 is 0 Å². The van der Waals surface area contributed by atoms with E-state index in [0.717, 1.165) is 16.8 Å². The van der Waals surface area contributed by atoms with Gasteiger partial charge in [-0.2, -0.15) is 0 Å². The summed E-state index contributed by atoms with van der Waals surface area (Å²) in [4.78, 5) is 0.321. The smallest absolute Gasteiger partial charge is 0.106 e. The molecule has 0 unspecified atom stereocenters. The highest BCUT2D eigenvalue weighted by molar-refractivity contribution is 7.80. The minimum absolute atomic E-state index is 0.321. The van der Waals surface area contributed by atoms with Crippen molar-refractivity contribution in [2.24, 2.45) is 5.73 Å². The van der Waals surface area contributed by atoms with E-state index in [0.29, 0.717) is 16.6 Å².